The van der Waals surface area contributed by atoms with Gasteiger partial charge in [-0.25, -0.2) is 4.79 Å². The van der Waals surface area contributed by atoms with Crippen molar-refractivity contribution in [1.29, 1.82) is 0 Å². The zero-order chi connectivity index (χ0) is 13.4. The lowest BCUT2D eigenvalue weighted by molar-refractivity contribution is 0.0480. The third-order valence-electron chi connectivity index (χ3n) is 3.65. The number of nitrogens with two attached hydrogens (primary N) is 1. The summed E-state index contributed by atoms with van der Waals surface area (Å²) in [5, 5.41) is 3.01. The minimum Gasteiger partial charge on any atom is -0.444 e. The van der Waals surface area contributed by atoms with Gasteiger partial charge in [-0.1, -0.05) is 0 Å². The second kappa shape index (κ2) is 4.93. The Hall–Kier alpha value is -0.420. The molecule has 0 radical (unpaired) electrons. The number of carbonyl (C=O) groups excluding carboxylic acids is 1. The van der Waals surface area contributed by atoms with Gasteiger partial charge in [0.25, 0.3) is 0 Å². The third-order valence-corrected chi connectivity index (χ3v) is 4.84. The van der Waals surface area contributed by atoms with Gasteiger partial charge >= 0.3 is 6.09 Å². The van der Waals surface area contributed by atoms with Crippen molar-refractivity contribution in [1.82, 2.24) is 5.32 Å². The van der Waals surface area contributed by atoms with Gasteiger partial charge in [0.15, 0.2) is 0 Å². The van der Waals surface area contributed by atoms with Crippen LogP contribution in [-0.4, -0.2) is 34.8 Å². The van der Waals surface area contributed by atoms with Crippen LogP contribution in [0.4, 0.5) is 4.79 Å². The number of ether oxygens (including phenoxy) is 1. The van der Waals surface area contributed by atoms with Crippen molar-refractivity contribution in [3.8, 4) is 0 Å². The van der Waals surface area contributed by atoms with Crippen molar-refractivity contribution >= 4 is 17.9 Å². The fraction of sp³-hybridized carbons (Fsp3) is 0.923. The first kappa shape index (κ1) is 14.0. The molecule has 1 saturated carbocycles. The highest BCUT2D eigenvalue weighted by atomic mass is 32.2. The molecule has 1 aliphatic heterocycles. The number of hydrogen-bond acceptors (Lipinski definition) is 4. The average Bonchev–Trinajstić information content (AvgIpc) is 2.79. The Labute approximate surface area is 113 Å². The summed E-state index contributed by atoms with van der Waals surface area (Å²) in [5.74, 6) is 2.85. The third kappa shape index (κ3) is 3.32. The van der Waals surface area contributed by atoms with Crippen LogP contribution in [0.5, 0.6) is 0 Å². The van der Waals surface area contributed by atoms with Crippen LogP contribution in [-0.2, 0) is 4.74 Å². The summed E-state index contributed by atoms with van der Waals surface area (Å²) in [4.78, 5) is 11.8. The van der Waals surface area contributed by atoms with Crippen LogP contribution in [0.25, 0.3) is 0 Å². The van der Waals surface area contributed by atoms with E-state index in [-0.39, 0.29) is 17.7 Å². The standard InChI is InChI=1S/C13H24N2O2S/c1-12(2,3)17-11(16)15-13(5-6-13)10(14)9-4-7-18-8-9/h9-10H,4-8,14H2,1-3H3,(H,15,16). The van der Waals surface area contributed by atoms with E-state index in [1.54, 1.807) is 0 Å². The van der Waals surface area contributed by atoms with E-state index in [0.29, 0.717) is 5.92 Å². The molecule has 3 N–H and O–H groups in total. The van der Waals surface area contributed by atoms with Crippen molar-refractivity contribution in [3.63, 3.8) is 0 Å². The van der Waals surface area contributed by atoms with Crippen LogP contribution in [0.15, 0.2) is 0 Å². The quantitative estimate of drug-likeness (QED) is 0.826. The predicted molar refractivity (Wildman–Crippen MR) is 74.7 cm³/mol. The first-order valence-corrected chi connectivity index (χ1v) is 7.82. The Morgan fingerprint density at radius 1 is 1.50 bits per heavy atom. The van der Waals surface area contributed by atoms with E-state index in [4.69, 9.17) is 10.5 Å². The zero-order valence-electron chi connectivity index (χ0n) is 11.5. The maximum Gasteiger partial charge on any atom is 0.408 e. The molecule has 0 aromatic heterocycles. The molecular formula is C13H24N2O2S. The monoisotopic (exact) mass is 272 g/mol. The van der Waals surface area contributed by atoms with Gasteiger partial charge in [-0.2, -0.15) is 11.8 Å². The fourth-order valence-corrected chi connectivity index (χ4v) is 3.78. The molecule has 4 nitrogen and oxygen atoms in total. The number of alkyl carbamates (subject to hydrolysis) is 1. The molecule has 2 atom stereocenters. The van der Waals surface area contributed by atoms with Crippen LogP contribution in [0.2, 0.25) is 0 Å². The normalized spacial score (nSPS) is 27.7. The lowest BCUT2D eigenvalue weighted by Crippen LogP contribution is -2.54. The first-order chi connectivity index (χ1) is 8.32. The topological polar surface area (TPSA) is 64.3 Å². The Morgan fingerprint density at radius 3 is 2.61 bits per heavy atom. The number of amides is 1. The fourth-order valence-electron chi connectivity index (χ4n) is 2.47. The predicted octanol–water partition coefficient (Wildman–Crippen LogP) is 2.12. The molecule has 1 aliphatic carbocycles. The zero-order valence-corrected chi connectivity index (χ0v) is 12.3. The first-order valence-electron chi connectivity index (χ1n) is 6.67. The molecule has 1 saturated heterocycles. The van der Waals surface area contributed by atoms with Crippen LogP contribution < -0.4 is 11.1 Å². The van der Waals surface area contributed by atoms with E-state index >= 15 is 0 Å². The highest BCUT2D eigenvalue weighted by Crippen LogP contribution is 2.43. The molecule has 2 unspecified atom stereocenters. The maximum absolute atomic E-state index is 11.8. The summed E-state index contributed by atoms with van der Waals surface area (Å²) in [5.41, 5.74) is 5.70. The molecule has 5 heteroatoms. The highest BCUT2D eigenvalue weighted by molar-refractivity contribution is 7.99. The molecule has 2 rings (SSSR count). The van der Waals surface area contributed by atoms with Crippen LogP contribution >= 0.6 is 11.8 Å². The molecule has 2 aliphatic rings. The summed E-state index contributed by atoms with van der Waals surface area (Å²) in [6.45, 7) is 5.62. The molecule has 0 bridgehead atoms. The van der Waals surface area contributed by atoms with Gasteiger partial charge in [0.2, 0.25) is 0 Å². The van der Waals surface area contributed by atoms with Gasteiger partial charge in [0, 0.05) is 6.04 Å². The lowest BCUT2D eigenvalue weighted by atomic mass is 9.91. The molecule has 18 heavy (non-hydrogen) atoms. The van der Waals surface area contributed by atoms with Crippen LogP contribution in [0.1, 0.15) is 40.0 Å². The van der Waals surface area contributed by atoms with Crippen molar-refractivity contribution in [2.45, 2.75) is 57.2 Å². The second-order valence-electron chi connectivity index (χ2n) is 6.43. The average molecular weight is 272 g/mol. The van der Waals surface area contributed by atoms with Crippen LogP contribution in [0.3, 0.4) is 0 Å². The molecule has 104 valence electrons. The number of thioether (sulfide) groups is 1. The van der Waals surface area contributed by atoms with E-state index in [1.165, 1.54) is 12.2 Å². The summed E-state index contributed by atoms with van der Waals surface area (Å²) in [6, 6.07) is 0.0695. The van der Waals surface area contributed by atoms with Crippen molar-refractivity contribution in [2.75, 3.05) is 11.5 Å². The molecule has 0 spiro atoms. The minimum absolute atomic E-state index is 0.0695. The number of hydrogen-bond donors (Lipinski definition) is 2. The Balaban J connectivity index is 1.89. The van der Waals surface area contributed by atoms with Crippen molar-refractivity contribution in [2.24, 2.45) is 11.7 Å². The van der Waals surface area contributed by atoms with E-state index < -0.39 is 5.60 Å². The molecular weight excluding hydrogens is 248 g/mol. The molecule has 0 aromatic rings. The van der Waals surface area contributed by atoms with Gasteiger partial charge in [-0.05, 0) is 57.5 Å². The van der Waals surface area contributed by atoms with Gasteiger partial charge in [-0.3, -0.25) is 0 Å². The summed E-state index contributed by atoms with van der Waals surface area (Å²) in [6.07, 6.45) is 2.80. The number of nitrogens with one attached hydrogen (secondary N) is 1. The second-order valence-corrected chi connectivity index (χ2v) is 7.58. The molecule has 1 heterocycles. The van der Waals surface area contributed by atoms with Gasteiger partial charge in [0.1, 0.15) is 5.60 Å². The Morgan fingerprint density at radius 2 is 2.17 bits per heavy atom. The molecule has 2 fully saturated rings. The minimum atomic E-state index is -0.451. The maximum atomic E-state index is 11.8. The highest BCUT2D eigenvalue weighted by Gasteiger charge is 2.52. The molecule has 0 aromatic carbocycles. The van der Waals surface area contributed by atoms with Crippen molar-refractivity contribution in [3.05, 3.63) is 0 Å². The van der Waals surface area contributed by atoms with Crippen LogP contribution in [0, 0.1) is 5.92 Å². The van der Waals surface area contributed by atoms with E-state index in [0.717, 1.165) is 18.6 Å². The SMILES string of the molecule is CC(C)(C)OC(=O)NC1(C(N)C2CCSC2)CC1. The largest absolute Gasteiger partial charge is 0.444 e. The van der Waals surface area contributed by atoms with Crippen molar-refractivity contribution < 1.29 is 9.53 Å². The smallest absolute Gasteiger partial charge is 0.408 e. The summed E-state index contributed by atoms with van der Waals surface area (Å²) >= 11 is 1.96. The Kier molecular flexibility index (Phi) is 3.83. The number of rotatable bonds is 3. The Bertz CT molecular complexity index is 317. The lowest BCUT2D eigenvalue weighted by Gasteiger charge is -2.30. The summed E-state index contributed by atoms with van der Waals surface area (Å²) < 4.78 is 5.32. The van der Waals surface area contributed by atoms with E-state index in [1.807, 2.05) is 32.5 Å². The molecule has 1 amide bonds. The van der Waals surface area contributed by atoms with E-state index in [9.17, 15) is 4.79 Å². The van der Waals surface area contributed by atoms with Gasteiger partial charge < -0.3 is 15.8 Å². The van der Waals surface area contributed by atoms with E-state index in [2.05, 4.69) is 5.32 Å². The van der Waals surface area contributed by atoms with Gasteiger partial charge in [-0.15, -0.1) is 0 Å². The van der Waals surface area contributed by atoms with Gasteiger partial charge in [0.05, 0.1) is 5.54 Å². The summed E-state index contributed by atoms with van der Waals surface area (Å²) in [7, 11) is 0. The number of carbonyl (C=O) groups is 1.